The van der Waals surface area contributed by atoms with Gasteiger partial charge in [0.15, 0.2) is 0 Å². The first kappa shape index (κ1) is 13.0. The monoisotopic (exact) mass is 269 g/mol. The van der Waals surface area contributed by atoms with Crippen molar-refractivity contribution in [2.75, 3.05) is 20.2 Å². The van der Waals surface area contributed by atoms with Crippen LogP contribution in [0.3, 0.4) is 0 Å². The fourth-order valence-electron chi connectivity index (χ4n) is 1.91. The maximum absolute atomic E-state index is 12.3. The van der Waals surface area contributed by atoms with Crippen molar-refractivity contribution in [1.29, 1.82) is 0 Å². The SMILES string of the molecule is COc1ccc(S(=O)(=O)N2CCCC(=O)C2)cc1. The van der Waals surface area contributed by atoms with Crippen LogP contribution in [0.5, 0.6) is 5.75 Å². The van der Waals surface area contributed by atoms with Crippen LogP contribution < -0.4 is 4.74 Å². The molecule has 6 heteroatoms. The largest absolute Gasteiger partial charge is 0.497 e. The molecule has 0 atom stereocenters. The van der Waals surface area contributed by atoms with Gasteiger partial charge in [0.1, 0.15) is 11.5 Å². The molecule has 0 aromatic heterocycles. The quantitative estimate of drug-likeness (QED) is 0.822. The second-order valence-corrected chi connectivity index (χ2v) is 6.09. The summed E-state index contributed by atoms with van der Waals surface area (Å²) in [5.74, 6) is 0.571. The number of benzene rings is 1. The van der Waals surface area contributed by atoms with Crippen molar-refractivity contribution in [3.05, 3.63) is 24.3 Å². The van der Waals surface area contributed by atoms with Gasteiger partial charge in [-0.15, -0.1) is 0 Å². The lowest BCUT2D eigenvalue weighted by Crippen LogP contribution is -2.40. The highest BCUT2D eigenvalue weighted by Gasteiger charge is 2.28. The first-order valence-electron chi connectivity index (χ1n) is 5.70. The summed E-state index contributed by atoms with van der Waals surface area (Å²) in [6.45, 7) is 0.383. The molecule has 0 unspecified atom stereocenters. The van der Waals surface area contributed by atoms with Gasteiger partial charge in [0.2, 0.25) is 10.0 Å². The Bertz CT molecular complexity index is 536. The molecule has 1 aliphatic rings. The van der Waals surface area contributed by atoms with Gasteiger partial charge in [-0.2, -0.15) is 4.31 Å². The molecule has 98 valence electrons. The van der Waals surface area contributed by atoms with Crippen LogP contribution in [0.4, 0.5) is 0 Å². The van der Waals surface area contributed by atoms with E-state index in [0.717, 1.165) is 0 Å². The van der Waals surface area contributed by atoms with E-state index >= 15 is 0 Å². The van der Waals surface area contributed by atoms with E-state index in [1.54, 1.807) is 12.1 Å². The van der Waals surface area contributed by atoms with E-state index in [9.17, 15) is 13.2 Å². The first-order chi connectivity index (χ1) is 8.54. The number of carbonyl (C=O) groups is 1. The molecule has 0 N–H and O–H groups in total. The van der Waals surface area contributed by atoms with Crippen LogP contribution in [0.15, 0.2) is 29.2 Å². The summed E-state index contributed by atoms with van der Waals surface area (Å²) in [4.78, 5) is 11.5. The Labute approximate surface area is 106 Å². The molecular weight excluding hydrogens is 254 g/mol. The summed E-state index contributed by atoms with van der Waals surface area (Å²) in [6, 6.07) is 6.18. The van der Waals surface area contributed by atoms with Gasteiger partial charge in [-0.3, -0.25) is 4.79 Å². The smallest absolute Gasteiger partial charge is 0.243 e. The van der Waals surface area contributed by atoms with Crippen molar-refractivity contribution in [3.63, 3.8) is 0 Å². The highest BCUT2D eigenvalue weighted by Crippen LogP contribution is 2.21. The Kier molecular flexibility index (Phi) is 3.68. The molecule has 1 aliphatic heterocycles. The Balaban J connectivity index is 2.26. The Morgan fingerprint density at radius 1 is 1.22 bits per heavy atom. The number of piperidine rings is 1. The zero-order valence-electron chi connectivity index (χ0n) is 10.1. The molecule has 2 rings (SSSR count). The number of carbonyl (C=O) groups excluding carboxylic acids is 1. The van der Waals surface area contributed by atoms with Gasteiger partial charge in [-0.1, -0.05) is 0 Å². The van der Waals surface area contributed by atoms with Crippen molar-refractivity contribution in [1.82, 2.24) is 4.31 Å². The molecule has 1 fully saturated rings. The maximum atomic E-state index is 12.3. The van der Waals surface area contributed by atoms with Crippen LogP contribution in [0.25, 0.3) is 0 Å². The number of Topliss-reactive ketones (excluding diaryl/α,β-unsaturated/α-hetero) is 1. The Morgan fingerprint density at radius 3 is 2.44 bits per heavy atom. The lowest BCUT2D eigenvalue weighted by molar-refractivity contribution is -0.120. The maximum Gasteiger partial charge on any atom is 0.243 e. The Morgan fingerprint density at radius 2 is 1.89 bits per heavy atom. The van der Waals surface area contributed by atoms with Crippen LogP contribution in [-0.4, -0.2) is 38.7 Å². The Hall–Kier alpha value is -1.40. The lowest BCUT2D eigenvalue weighted by Gasteiger charge is -2.25. The molecular formula is C12H15NO4S. The summed E-state index contributed by atoms with van der Waals surface area (Å²) in [6.07, 6.45) is 1.06. The van der Waals surface area contributed by atoms with Crippen molar-refractivity contribution >= 4 is 15.8 Å². The van der Waals surface area contributed by atoms with Gasteiger partial charge >= 0.3 is 0 Å². The van der Waals surface area contributed by atoms with Gasteiger partial charge in [0, 0.05) is 13.0 Å². The minimum absolute atomic E-state index is 0.0195. The van der Waals surface area contributed by atoms with Crippen LogP contribution in [0, 0.1) is 0 Å². The van der Waals surface area contributed by atoms with Crippen molar-refractivity contribution in [2.24, 2.45) is 0 Å². The van der Waals surface area contributed by atoms with Gasteiger partial charge in [0.25, 0.3) is 0 Å². The van der Waals surface area contributed by atoms with E-state index in [2.05, 4.69) is 0 Å². The second-order valence-electron chi connectivity index (χ2n) is 4.16. The minimum Gasteiger partial charge on any atom is -0.497 e. The molecule has 0 bridgehead atoms. The third-order valence-electron chi connectivity index (χ3n) is 2.91. The molecule has 1 aromatic carbocycles. The standard InChI is InChI=1S/C12H15NO4S/c1-17-11-4-6-12(7-5-11)18(15,16)13-8-2-3-10(14)9-13/h4-7H,2-3,8-9H2,1H3. The molecule has 0 saturated carbocycles. The normalized spacial score (nSPS) is 17.7. The number of hydrogen-bond acceptors (Lipinski definition) is 4. The highest BCUT2D eigenvalue weighted by atomic mass is 32.2. The molecule has 0 amide bonds. The number of ether oxygens (including phenoxy) is 1. The van der Waals surface area contributed by atoms with Crippen LogP contribution in [-0.2, 0) is 14.8 Å². The number of rotatable bonds is 3. The zero-order chi connectivity index (χ0) is 13.2. The number of hydrogen-bond donors (Lipinski definition) is 0. The fraction of sp³-hybridized carbons (Fsp3) is 0.417. The number of nitrogens with zero attached hydrogens (tertiary/aromatic N) is 1. The first-order valence-corrected chi connectivity index (χ1v) is 7.14. The molecule has 1 heterocycles. The van der Waals surface area contributed by atoms with E-state index in [-0.39, 0.29) is 17.2 Å². The van der Waals surface area contributed by atoms with Crippen molar-refractivity contribution < 1.29 is 17.9 Å². The second kappa shape index (κ2) is 5.07. The van der Waals surface area contributed by atoms with Gasteiger partial charge < -0.3 is 4.74 Å². The molecule has 18 heavy (non-hydrogen) atoms. The zero-order valence-corrected chi connectivity index (χ0v) is 10.9. The third kappa shape index (κ3) is 2.54. The number of methoxy groups -OCH3 is 1. The van der Waals surface area contributed by atoms with Gasteiger partial charge in [0.05, 0.1) is 18.6 Å². The summed E-state index contributed by atoms with van der Waals surface area (Å²) in [5.41, 5.74) is 0. The minimum atomic E-state index is -3.56. The molecule has 0 radical (unpaired) electrons. The van der Waals surface area contributed by atoms with E-state index < -0.39 is 10.0 Å². The topological polar surface area (TPSA) is 63.7 Å². The molecule has 0 aliphatic carbocycles. The summed E-state index contributed by atoms with van der Waals surface area (Å²) in [5, 5.41) is 0. The lowest BCUT2D eigenvalue weighted by atomic mass is 10.1. The van der Waals surface area contributed by atoms with E-state index in [4.69, 9.17) is 4.74 Å². The van der Waals surface area contributed by atoms with E-state index in [1.807, 2.05) is 0 Å². The summed E-state index contributed by atoms with van der Waals surface area (Å²) in [7, 11) is -2.04. The van der Waals surface area contributed by atoms with Crippen LogP contribution in [0.2, 0.25) is 0 Å². The number of ketones is 1. The van der Waals surface area contributed by atoms with Gasteiger partial charge in [-0.25, -0.2) is 8.42 Å². The fourth-order valence-corrected chi connectivity index (χ4v) is 3.37. The average molecular weight is 269 g/mol. The molecule has 5 nitrogen and oxygen atoms in total. The third-order valence-corrected chi connectivity index (χ3v) is 4.77. The van der Waals surface area contributed by atoms with Crippen molar-refractivity contribution in [2.45, 2.75) is 17.7 Å². The molecule has 1 saturated heterocycles. The molecule has 1 aromatic rings. The summed E-state index contributed by atoms with van der Waals surface area (Å²) < 4.78 is 30.7. The number of sulfonamides is 1. The van der Waals surface area contributed by atoms with Crippen LogP contribution in [0.1, 0.15) is 12.8 Å². The average Bonchev–Trinajstić information content (AvgIpc) is 2.39. The highest BCUT2D eigenvalue weighted by molar-refractivity contribution is 7.89. The molecule has 0 spiro atoms. The summed E-state index contributed by atoms with van der Waals surface area (Å²) >= 11 is 0. The van der Waals surface area contributed by atoms with Crippen LogP contribution >= 0.6 is 0 Å². The predicted molar refractivity (Wildman–Crippen MR) is 66.0 cm³/mol. The van der Waals surface area contributed by atoms with E-state index in [1.165, 1.54) is 23.5 Å². The van der Waals surface area contributed by atoms with Crippen molar-refractivity contribution in [3.8, 4) is 5.75 Å². The van der Waals surface area contributed by atoms with Gasteiger partial charge in [-0.05, 0) is 30.7 Å². The van der Waals surface area contributed by atoms with E-state index in [0.29, 0.717) is 25.1 Å². The predicted octanol–water partition coefficient (Wildman–Crippen LogP) is 1.05.